The van der Waals surface area contributed by atoms with Crippen LogP contribution >= 0.6 is 11.6 Å². The summed E-state index contributed by atoms with van der Waals surface area (Å²) in [6.07, 6.45) is 7.39. The van der Waals surface area contributed by atoms with E-state index in [1.54, 1.807) is 29.4 Å². The lowest BCUT2D eigenvalue weighted by atomic mass is 10.2. The fourth-order valence-corrected chi connectivity index (χ4v) is 2.66. The summed E-state index contributed by atoms with van der Waals surface area (Å²) in [5.41, 5.74) is 1.01. The van der Waals surface area contributed by atoms with E-state index in [9.17, 15) is 4.79 Å². The van der Waals surface area contributed by atoms with Crippen molar-refractivity contribution in [1.29, 1.82) is 0 Å². The first-order valence-corrected chi connectivity index (χ1v) is 7.88. The number of amides is 1. The quantitative estimate of drug-likeness (QED) is 0.808. The fourth-order valence-electron chi connectivity index (χ4n) is 2.50. The second-order valence-electron chi connectivity index (χ2n) is 5.36. The maximum absolute atomic E-state index is 12.2. The minimum absolute atomic E-state index is 0.000721. The van der Waals surface area contributed by atoms with Crippen molar-refractivity contribution in [3.63, 3.8) is 0 Å². The number of hydrogen-bond acceptors (Lipinski definition) is 3. The second kappa shape index (κ2) is 7.29. The van der Waals surface area contributed by atoms with E-state index in [4.69, 9.17) is 16.3 Å². The Hall–Kier alpha value is -2.33. The number of halogens is 1. The molecular weight excluding hydrogens is 312 g/mol. The molecule has 1 aliphatic heterocycles. The van der Waals surface area contributed by atoms with E-state index < -0.39 is 0 Å². The monoisotopic (exact) mass is 328 g/mol. The Morgan fingerprint density at radius 2 is 2.13 bits per heavy atom. The molecule has 1 saturated heterocycles. The van der Waals surface area contributed by atoms with E-state index in [-0.39, 0.29) is 12.0 Å². The Labute approximate surface area is 140 Å². The third kappa shape index (κ3) is 4.11. The summed E-state index contributed by atoms with van der Waals surface area (Å²) in [6.45, 7) is 1.25. The first-order chi connectivity index (χ1) is 11.2. The van der Waals surface area contributed by atoms with Crippen LogP contribution in [0.3, 0.4) is 0 Å². The molecule has 4 nitrogen and oxygen atoms in total. The van der Waals surface area contributed by atoms with Crippen LogP contribution in [-0.4, -0.2) is 35.0 Å². The molecule has 1 aromatic heterocycles. The number of hydrogen-bond donors (Lipinski definition) is 0. The molecule has 1 fully saturated rings. The third-order valence-electron chi connectivity index (χ3n) is 3.70. The number of nitrogens with zero attached hydrogens (tertiary/aromatic N) is 2. The first kappa shape index (κ1) is 15.6. The van der Waals surface area contributed by atoms with E-state index in [1.165, 1.54) is 0 Å². The largest absolute Gasteiger partial charge is 0.487 e. The van der Waals surface area contributed by atoms with Gasteiger partial charge in [-0.25, -0.2) is 0 Å². The van der Waals surface area contributed by atoms with Gasteiger partial charge in [-0.1, -0.05) is 41.9 Å². The molecule has 0 saturated carbocycles. The molecule has 1 atom stereocenters. The SMILES string of the molecule is O=C(/C=C/c1ccccc1)N1CCC(Oc2ccncc2Cl)C1. The zero-order valence-electron chi connectivity index (χ0n) is 12.6. The molecule has 5 heteroatoms. The first-order valence-electron chi connectivity index (χ1n) is 7.50. The van der Waals surface area contributed by atoms with Crippen molar-refractivity contribution in [2.75, 3.05) is 13.1 Å². The standard InChI is InChI=1S/C18H17ClN2O2/c19-16-12-20-10-8-17(16)23-15-9-11-21(13-15)18(22)7-6-14-4-2-1-3-5-14/h1-8,10,12,15H,9,11,13H2/b7-6+. The van der Waals surface area contributed by atoms with Crippen molar-refractivity contribution in [1.82, 2.24) is 9.88 Å². The molecule has 2 heterocycles. The Kier molecular flexibility index (Phi) is 4.93. The predicted octanol–water partition coefficient (Wildman–Crippen LogP) is 3.43. The Balaban J connectivity index is 1.56. The van der Waals surface area contributed by atoms with Crippen LogP contribution in [0.15, 0.2) is 54.9 Å². The molecular formula is C18H17ClN2O2. The van der Waals surface area contributed by atoms with Gasteiger partial charge in [0.25, 0.3) is 0 Å². The summed E-state index contributed by atoms with van der Waals surface area (Å²) in [5, 5.41) is 0.487. The van der Waals surface area contributed by atoms with E-state index in [1.807, 2.05) is 36.4 Å². The van der Waals surface area contributed by atoms with Crippen LogP contribution in [0.4, 0.5) is 0 Å². The van der Waals surface area contributed by atoms with Crippen LogP contribution in [0.25, 0.3) is 6.08 Å². The molecule has 2 aromatic rings. The Morgan fingerprint density at radius 1 is 1.30 bits per heavy atom. The lowest BCUT2D eigenvalue weighted by Gasteiger charge is -2.16. The van der Waals surface area contributed by atoms with Crippen molar-refractivity contribution in [3.8, 4) is 5.75 Å². The molecule has 0 spiro atoms. The third-order valence-corrected chi connectivity index (χ3v) is 3.99. The van der Waals surface area contributed by atoms with Gasteiger partial charge in [0, 0.05) is 37.5 Å². The molecule has 0 aliphatic carbocycles. The van der Waals surface area contributed by atoms with Gasteiger partial charge in [-0.15, -0.1) is 0 Å². The second-order valence-corrected chi connectivity index (χ2v) is 5.77. The number of rotatable bonds is 4. The van der Waals surface area contributed by atoms with Gasteiger partial charge in [-0.05, 0) is 11.6 Å². The van der Waals surface area contributed by atoms with Gasteiger partial charge in [-0.3, -0.25) is 9.78 Å². The summed E-state index contributed by atoms with van der Waals surface area (Å²) in [5.74, 6) is 0.613. The highest BCUT2D eigenvalue weighted by atomic mass is 35.5. The lowest BCUT2D eigenvalue weighted by Crippen LogP contribution is -2.29. The van der Waals surface area contributed by atoms with Crippen molar-refractivity contribution < 1.29 is 9.53 Å². The minimum Gasteiger partial charge on any atom is -0.487 e. The van der Waals surface area contributed by atoms with Gasteiger partial charge in [0.2, 0.25) is 5.91 Å². The van der Waals surface area contributed by atoms with Crippen molar-refractivity contribution in [3.05, 3.63) is 65.5 Å². The number of likely N-dealkylation sites (tertiary alicyclic amines) is 1. The molecule has 1 aromatic carbocycles. The molecule has 1 amide bonds. The summed E-state index contributed by atoms with van der Waals surface area (Å²) in [7, 11) is 0. The van der Waals surface area contributed by atoms with E-state index in [0.29, 0.717) is 23.9 Å². The number of aromatic nitrogens is 1. The van der Waals surface area contributed by atoms with E-state index in [0.717, 1.165) is 12.0 Å². The summed E-state index contributed by atoms with van der Waals surface area (Å²) >= 11 is 6.04. The maximum Gasteiger partial charge on any atom is 0.246 e. The number of benzene rings is 1. The Bertz CT molecular complexity index is 703. The van der Waals surface area contributed by atoms with Gasteiger partial charge in [-0.2, -0.15) is 0 Å². The smallest absolute Gasteiger partial charge is 0.246 e. The highest BCUT2D eigenvalue weighted by Crippen LogP contribution is 2.25. The molecule has 1 unspecified atom stereocenters. The topological polar surface area (TPSA) is 42.4 Å². The number of carbonyl (C=O) groups excluding carboxylic acids is 1. The molecule has 0 N–H and O–H groups in total. The van der Waals surface area contributed by atoms with Gasteiger partial charge in [0.1, 0.15) is 16.9 Å². The number of carbonyl (C=O) groups is 1. The average Bonchev–Trinajstić information content (AvgIpc) is 3.04. The number of pyridine rings is 1. The fraction of sp³-hybridized carbons (Fsp3) is 0.222. The van der Waals surface area contributed by atoms with Crippen LogP contribution in [-0.2, 0) is 4.79 Å². The van der Waals surface area contributed by atoms with E-state index in [2.05, 4.69) is 4.98 Å². The molecule has 1 aliphatic rings. The van der Waals surface area contributed by atoms with Crippen molar-refractivity contribution in [2.45, 2.75) is 12.5 Å². The van der Waals surface area contributed by atoms with Gasteiger partial charge in [0.05, 0.1) is 6.54 Å². The maximum atomic E-state index is 12.2. The van der Waals surface area contributed by atoms with Crippen LogP contribution in [0.1, 0.15) is 12.0 Å². The highest BCUT2D eigenvalue weighted by Gasteiger charge is 2.26. The van der Waals surface area contributed by atoms with Crippen LogP contribution in [0.2, 0.25) is 5.02 Å². The van der Waals surface area contributed by atoms with Gasteiger partial charge in [0.15, 0.2) is 0 Å². The molecule has 0 bridgehead atoms. The summed E-state index contributed by atoms with van der Waals surface area (Å²) in [6, 6.07) is 11.5. The van der Waals surface area contributed by atoms with Gasteiger partial charge < -0.3 is 9.64 Å². The average molecular weight is 329 g/mol. The Morgan fingerprint density at radius 3 is 2.91 bits per heavy atom. The molecule has 0 radical (unpaired) electrons. The van der Waals surface area contributed by atoms with Crippen LogP contribution < -0.4 is 4.74 Å². The lowest BCUT2D eigenvalue weighted by molar-refractivity contribution is -0.125. The summed E-state index contributed by atoms with van der Waals surface area (Å²) < 4.78 is 5.86. The minimum atomic E-state index is -0.0380. The van der Waals surface area contributed by atoms with Gasteiger partial charge >= 0.3 is 0 Å². The van der Waals surface area contributed by atoms with Crippen LogP contribution in [0.5, 0.6) is 5.75 Å². The molecule has 118 valence electrons. The predicted molar refractivity (Wildman–Crippen MR) is 90.3 cm³/mol. The highest BCUT2D eigenvalue weighted by molar-refractivity contribution is 6.31. The number of ether oxygens (including phenoxy) is 1. The summed E-state index contributed by atoms with van der Waals surface area (Å²) in [4.78, 5) is 18.0. The van der Waals surface area contributed by atoms with E-state index >= 15 is 0 Å². The normalized spacial score (nSPS) is 17.6. The molecule has 23 heavy (non-hydrogen) atoms. The van der Waals surface area contributed by atoms with Crippen LogP contribution in [0, 0.1) is 0 Å². The zero-order valence-corrected chi connectivity index (χ0v) is 13.3. The zero-order chi connectivity index (χ0) is 16.1. The molecule has 3 rings (SSSR count). The van der Waals surface area contributed by atoms with Crippen molar-refractivity contribution >= 4 is 23.6 Å². The van der Waals surface area contributed by atoms with Crippen molar-refractivity contribution in [2.24, 2.45) is 0 Å².